The van der Waals surface area contributed by atoms with Gasteiger partial charge in [0, 0.05) is 25.0 Å². The zero-order valence-electron chi connectivity index (χ0n) is 20.9. The van der Waals surface area contributed by atoms with Crippen molar-refractivity contribution in [3.05, 3.63) is 126 Å². The molecule has 0 fully saturated rings. The van der Waals surface area contributed by atoms with Gasteiger partial charge in [-0.15, -0.1) is 0 Å². The van der Waals surface area contributed by atoms with Crippen molar-refractivity contribution in [2.75, 3.05) is 11.5 Å². The van der Waals surface area contributed by atoms with Crippen molar-refractivity contribution in [3.63, 3.8) is 0 Å². The average molecular weight is 542 g/mol. The number of benzene rings is 2. The Labute approximate surface area is 224 Å². The number of anilines is 3. The number of aromatic amines is 4. The number of aryl methyl sites for hydroxylation is 1. The number of hydrogen-bond donors (Lipinski definition) is 5. The lowest BCUT2D eigenvalue weighted by atomic mass is 9.83. The fourth-order valence-corrected chi connectivity index (χ4v) is 4.95. The largest absolute Gasteiger partial charge is 0.508 e. The Morgan fingerprint density at radius 1 is 0.875 bits per heavy atom. The first kappa shape index (κ1) is 24.7. The van der Waals surface area contributed by atoms with Crippen LogP contribution in [0.15, 0.2) is 86.4 Å². The molecular weight excluding hydrogens is 518 g/mol. The van der Waals surface area contributed by atoms with Crippen LogP contribution in [0.1, 0.15) is 29.0 Å². The molecule has 5 N–H and O–H groups in total. The SMILES string of the molecule is O=c1[nH]c2c(c(=O)[nH]1)C(c1ccc(OCCCn3ccnc3)cc1)c1c([nH]c(=O)[nH]c1=O)N2c1cccc(O)c1. The third kappa shape index (κ3) is 4.49. The Balaban J connectivity index is 1.43. The molecule has 0 unspecified atom stereocenters. The van der Waals surface area contributed by atoms with Gasteiger partial charge in [-0.1, -0.05) is 18.2 Å². The summed E-state index contributed by atoms with van der Waals surface area (Å²) < 4.78 is 7.81. The molecule has 1 aliphatic rings. The maximum absolute atomic E-state index is 13.3. The molecular formula is C27H23N7O6. The first-order valence-corrected chi connectivity index (χ1v) is 12.4. The minimum absolute atomic E-state index is 0.0536. The van der Waals surface area contributed by atoms with Crippen LogP contribution in [-0.4, -0.2) is 41.2 Å². The lowest BCUT2D eigenvalue weighted by Crippen LogP contribution is -2.40. The van der Waals surface area contributed by atoms with Gasteiger partial charge in [0.2, 0.25) is 0 Å². The normalized spacial score (nSPS) is 12.7. The number of H-pyrrole nitrogens is 4. The Hall–Kier alpha value is -5.59. The number of hydrogen-bond acceptors (Lipinski definition) is 8. The molecule has 4 heterocycles. The summed E-state index contributed by atoms with van der Waals surface area (Å²) in [5.41, 5.74) is -1.92. The van der Waals surface area contributed by atoms with E-state index in [9.17, 15) is 24.3 Å². The summed E-state index contributed by atoms with van der Waals surface area (Å²) >= 11 is 0. The summed E-state index contributed by atoms with van der Waals surface area (Å²) in [5.74, 6) is -0.341. The molecule has 202 valence electrons. The number of fused-ring (bicyclic) bond motifs is 2. The number of aromatic hydroxyl groups is 1. The highest BCUT2D eigenvalue weighted by molar-refractivity contribution is 5.81. The molecule has 0 aliphatic carbocycles. The van der Waals surface area contributed by atoms with Crippen LogP contribution < -0.4 is 32.1 Å². The van der Waals surface area contributed by atoms with Gasteiger partial charge < -0.3 is 14.4 Å². The molecule has 5 aromatic rings. The van der Waals surface area contributed by atoms with Gasteiger partial charge in [-0.2, -0.15) is 0 Å². The second kappa shape index (κ2) is 9.94. The third-order valence-electron chi connectivity index (χ3n) is 6.63. The topological polar surface area (TPSA) is 182 Å². The van der Waals surface area contributed by atoms with E-state index in [1.807, 2.05) is 10.8 Å². The van der Waals surface area contributed by atoms with E-state index < -0.39 is 28.4 Å². The molecule has 0 radical (unpaired) electrons. The summed E-state index contributed by atoms with van der Waals surface area (Å²) in [5, 5.41) is 10.1. The zero-order valence-corrected chi connectivity index (χ0v) is 20.9. The van der Waals surface area contributed by atoms with Crippen molar-refractivity contribution in [2.24, 2.45) is 0 Å². The van der Waals surface area contributed by atoms with E-state index in [4.69, 9.17) is 4.74 Å². The second-order valence-electron chi connectivity index (χ2n) is 9.20. The van der Waals surface area contributed by atoms with Crippen molar-refractivity contribution < 1.29 is 9.84 Å². The number of phenols is 1. The standard InChI is InChI=1S/C27H23N7O6/c35-17-4-1-3-16(13-17)34-22-20(24(36)31-26(38)29-22)19(21-23(34)30-27(39)32-25(21)37)15-5-7-18(8-6-15)40-12-2-10-33-11-9-28-14-33/h1,3-9,11,13-14,19,35H,2,10,12H2,(H2,29,31,36,38)(H2,30,32,37,39). The summed E-state index contributed by atoms with van der Waals surface area (Å²) in [7, 11) is 0. The first-order valence-electron chi connectivity index (χ1n) is 12.4. The van der Waals surface area contributed by atoms with Gasteiger partial charge in [0.1, 0.15) is 23.1 Å². The lowest BCUT2D eigenvalue weighted by molar-refractivity contribution is 0.301. The van der Waals surface area contributed by atoms with Crippen LogP contribution in [0, 0.1) is 0 Å². The number of nitrogens with zero attached hydrogens (tertiary/aromatic N) is 3. The highest BCUT2D eigenvalue weighted by atomic mass is 16.5. The van der Waals surface area contributed by atoms with Crippen LogP contribution in [-0.2, 0) is 6.54 Å². The quantitative estimate of drug-likeness (QED) is 0.190. The third-order valence-corrected chi connectivity index (χ3v) is 6.63. The monoisotopic (exact) mass is 541 g/mol. The van der Waals surface area contributed by atoms with Crippen LogP contribution in [0.25, 0.3) is 0 Å². The molecule has 3 aromatic heterocycles. The van der Waals surface area contributed by atoms with Crippen LogP contribution in [0.3, 0.4) is 0 Å². The smallest absolute Gasteiger partial charge is 0.327 e. The number of phenolic OH excluding ortho intramolecular Hbond substituents is 1. The molecule has 0 spiro atoms. The Kier molecular flexibility index (Phi) is 6.15. The van der Waals surface area contributed by atoms with Gasteiger partial charge in [-0.25, -0.2) is 14.6 Å². The molecule has 6 rings (SSSR count). The van der Waals surface area contributed by atoms with Crippen molar-refractivity contribution >= 4 is 17.3 Å². The van der Waals surface area contributed by atoms with E-state index in [1.165, 1.54) is 17.0 Å². The summed E-state index contributed by atoms with van der Waals surface area (Å²) in [6.07, 6.45) is 6.09. The maximum Gasteiger partial charge on any atom is 0.327 e. The Morgan fingerprint density at radius 3 is 2.15 bits per heavy atom. The molecule has 0 saturated heterocycles. The molecule has 0 amide bonds. The first-order chi connectivity index (χ1) is 19.4. The van der Waals surface area contributed by atoms with Crippen molar-refractivity contribution in [1.29, 1.82) is 0 Å². The van der Waals surface area contributed by atoms with E-state index in [0.717, 1.165) is 13.0 Å². The van der Waals surface area contributed by atoms with Gasteiger partial charge in [-0.05, 0) is 36.2 Å². The number of imidazole rings is 1. The molecule has 0 saturated carbocycles. The molecule has 2 aromatic carbocycles. The number of nitrogens with one attached hydrogen (secondary N) is 4. The minimum atomic E-state index is -0.949. The van der Waals surface area contributed by atoms with E-state index in [0.29, 0.717) is 23.6 Å². The van der Waals surface area contributed by atoms with Gasteiger partial charge >= 0.3 is 11.4 Å². The Morgan fingerprint density at radius 2 is 1.55 bits per heavy atom. The van der Waals surface area contributed by atoms with Gasteiger partial charge in [0.05, 0.1) is 35.7 Å². The van der Waals surface area contributed by atoms with Gasteiger partial charge in [0.15, 0.2) is 0 Å². The van der Waals surface area contributed by atoms with E-state index >= 15 is 0 Å². The second-order valence-corrected chi connectivity index (χ2v) is 9.20. The van der Waals surface area contributed by atoms with Gasteiger partial charge in [0.25, 0.3) is 11.1 Å². The zero-order chi connectivity index (χ0) is 27.8. The highest BCUT2D eigenvalue weighted by Crippen LogP contribution is 2.46. The average Bonchev–Trinajstić information content (AvgIpc) is 3.44. The van der Waals surface area contributed by atoms with Crippen LogP contribution in [0.5, 0.6) is 11.5 Å². The fraction of sp³-hybridized carbons (Fsp3) is 0.148. The fourth-order valence-electron chi connectivity index (χ4n) is 4.95. The minimum Gasteiger partial charge on any atom is -0.508 e. The van der Waals surface area contributed by atoms with E-state index in [1.54, 1.807) is 48.9 Å². The molecule has 0 bridgehead atoms. The summed E-state index contributed by atoms with van der Waals surface area (Å²) in [6.45, 7) is 1.22. The molecule has 13 nitrogen and oxygen atoms in total. The molecule has 0 atom stereocenters. The molecule has 13 heteroatoms. The number of rotatable bonds is 7. The molecule has 40 heavy (non-hydrogen) atoms. The van der Waals surface area contributed by atoms with Crippen molar-refractivity contribution in [1.82, 2.24) is 29.5 Å². The predicted octanol–water partition coefficient (Wildman–Crippen LogP) is 1.77. The van der Waals surface area contributed by atoms with Crippen molar-refractivity contribution in [3.8, 4) is 11.5 Å². The Bertz CT molecular complexity index is 1840. The summed E-state index contributed by atoms with van der Waals surface area (Å²) in [6, 6.07) is 12.9. The predicted molar refractivity (Wildman–Crippen MR) is 145 cm³/mol. The highest BCUT2D eigenvalue weighted by Gasteiger charge is 2.38. The van der Waals surface area contributed by atoms with Crippen molar-refractivity contribution in [2.45, 2.75) is 18.9 Å². The van der Waals surface area contributed by atoms with E-state index in [2.05, 4.69) is 24.9 Å². The van der Waals surface area contributed by atoms with Crippen LogP contribution >= 0.6 is 0 Å². The van der Waals surface area contributed by atoms with E-state index in [-0.39, 0.29) is 28.5 Å². The summed E-state index contributed by atoms with van der Waals surface area (Å²) in [4.78, 5) is 66.5. The van der Waals surface area contributed by atoms with Crippen LogP contribution in [0.4, 0.5) is 17.3 Å². The number of ether oxygens (including phenoxy) is 1. The molecule has 1 aliphatic heterocycles. The lowest BCUT2D eigenvalue weighted by Gasteiger charge is -2.35. The van der Waals surface area contributed by atoms with Gasteiger partial charge in [-0.3, -0.25) is 34.4 Å². The maximum atomic E-state index is 13.3. The number of aromatic nitrogens is 6. The van der Waals surface area contributed by atoms with Crippen LogP contribution in [0.2, 0.25) is 0 Å².